The molecule has 0 atom stereocenters. The fourth-order valence-electron chi connectivity index (χ4n) is 18.1. The molecule has 0 saturated heterocycles. The third-order valence-electron chi connectivity index (χ3n) is 24.2. The maximum atomic E-state index is 5.81. The van der Waals surface area contributed by atoms with E-state index in [0.29, 0.717) is 0 Å². The Morgan fingerprint density at radius 3 is 0.811 bits per heavy atom. The van der Waals surface area contributed by atoms with Crippen molar-refractivity contribution in [3.63, 3.8) is 0 Å². The maximum Gasteiger partial charge on any atom is 0.151 e. The van der Waals surface area contributed by atoms with Gasteiger partial charge < -0.3 is 43.9 Å². The van der Waals surface area contributed by atoms with Crippen LogP contribution in [0.3, 0.4) is 0 Å². The minimum absolute atomic E-state index is 0.0830. The molecule has 17 aromatic carbocycles. The summed E-state index contributed by atoms with van der Waals surface area (Å²) in [6.07, 6.45) is 0. The molecule has 0 saturated carbocycles. The molecule has 0 amide bonds. The van der Waals surface area contributed by atoms with Crippen LogP contribution in [0.1, 0.15) is 47.2 Å². The number of anilines is 18. The number of rotatable bonds is 5. The summed E-state index contributed by atoms with van der Waals surface area (Å²) in [5, 5.41) is 0. The van der Waals surface area contributed by atoms with Crippen LogP contribution in [-0.2, 0) is 10.8 Å². The smallest absolute Gasteiger partial charge is 0.151 e. The van der Waals surface area contributed by atoms with E-state index >= 15 is 0 Å². The lowest BCUT2D eigenvalue weighted by atomic mass is 9.62. The summed E-state index contributed by atoms with van der Waals surface area (Å²) >= 11 is 1.84. The molecule has 0 unspecified atom stereocenters. The van der Waals surface area contributed by atoms with E-state index in [4.69, 9.17) is 4.74 Å². The number of hydrogen-bond donors (Lipinski definition) is 0. The predicted octanol–water partition coefficient (Wildman–Crippen LogP) is 29.9. The van der Waals surface area contributed by atoms with Crippen molar-refractivity contribution in [3.05, 3.63) is 470 Å². The zero-order valence-electron chi connectivity index (χ0n) is 70.0. The Morgan fingerprint density at radius 2 is 0.434 bits per heavy atom. The Kier molecular flexibility index (Phi) is 22.1. The van der Waals surface area contributed by atoms with E-state index in [2.05, 4.69) is 496 Å². The predicted molar refractivity (Wildman–Crippen MR) is 516 cm³/mol. The summed E-state index contributed by atoms with van der Waals surface area (Å²) in [6, 6.07) is 154. The van der Waals surface area contributed by atoms with Gasteiger partial charge in [0.2, 0.25) is 0 Å². The SMILES string of the molecule is CN1c2ccccc2C(C)(C)c2ccccc21.CN1c2ccccc2C(c2ccccc2)(c2ccccc2)c2ccccc21.CN1c2ccccc2N(c2ccc(-c3ccccc3)cc2)c2ccccc21.CN1c2ccccc2N(c2ccccc2)c2ccccc21.CN1c2ccccc2Oc2ccccc21.CN1c2ccccc2Sc2ccccc21. The lowest BCUT2D eigenvalue weighted by molar-refractivity contribution is 0.475. The van der Waals surface area contributed by atoms with Crippen LogP contribution in [0.15, 0.2) is 447 Å². The first-order valence-electron chi connectivity index (χ1n) is 41.7. The molecule has 0 N–H and O–H groups in total. The fraction of sp³-hybridized carbons (Fsp3) is 0.0893. The first kappa shape index (κ1) is 78.5. The van der Waals surface area contributed by atoms with Crippen molar-refractivity contribution < 1.29 is 4.74 Å². The molecule has 6 aliphatic heterocycles. The number of hydrogen-bond acceptors (Lipinski definition) is 10. The lowest BCUT2D eigenvalue weighted by Gasteiger charge is -2.45. The molecule has 6 heterocycles. The minimum Gasteiger partial charge on any atom is -0.453 e. The molecule has 122 heavy (non-hydrogen) atoms. The molecule has 17 aromatic rings. The van der Waals surface area contributed by atoms with E-state index in [9.17, 15) is 0 Å². The average Bonchev–Trinajstić information content (AvgIpc) is 0.699. The second-order valence-corrected chi connectivity index (χ2v) is 32.6. The second kappa shape index (κ2) is 34.3. The van der Waals surface area contributed by atoms with Crippen molar-refractivity contribution in [2.24, 2.45) is 0 Å². The molecule has 0 aromatic heterocycles. The van der Waals surface area contributed by atoms with Crippen LogP contribution < -0.4 is 43.9 Å². The topological polar surface area (TPSA) is 35.2 Å². The quantitative estimate of drug-likeness (QED) is 0.166. The van der Waals surface area contributed by atoms with Gasteiger partial charge in [0.1, 0.15) is 0 Å². The zero-order chi connectivity index (χ0) is 83.3. The van der Waals surface area contributed by atoms with Crippen LogP contribution >= 0.6 is 11.8 Å². The van der Waals surface area contributed by atoms with Crippen LogP contribution in [-0.4, -0.2) is 42.3 Å². The number of ether oxygens (including phenoxy) is 1. The Morgan fingerprint density at radius 1 is 0.197 bits per heavy atom. The van der Waals surface area contributed by atoms with Gasteiger partial charge >= 0.3 is 0 Å². The third-order valence-corrected chi connectivity index (χ3v) is 25.3. The van der Waals surface area contributed by atoms with E-state index in [1.54, 1.807) is 0 Å². The van der Waals surface area contributed by atoms with Crippen LogP contribution in [0.2, 0.25) is 0 Å². The van der Waals surface area contributed by atoms with E-state index in [1.807, 2.05) is 48.2 Å². The molecule has 0 bridgehead atoms. The Bertz CT molecular complexity index is 6120. The molecular formula is C112H96N8OS. The van der Waals surface area contributed by atoms with Gasteiger partial charge in [-0.05, 0) is 190 Å². The van der Waals surface area contributed by atoms with E-state index in [-0.39, 0.29) is 10.8 Å². The molecule has 23 rings (SSSR count). The fourth-order valence-corrected chi connectivity index (χ4v) is 19.2. The van der Waals surface area contributed by atoms with Gasteiger partial charge in [-0.15, -0.1) is 0 Å². The molecule has 6 aliphatic rings. The van der Waals surface area contributed by atoms with Crippen LogP contribution in [0, 0.1) is 0 Å². The molecule has 0 spiro atoms. The lowest BCUT2D eigenvalue weighted by Crippen LogP contribution is -2.37. The molecule has 596 valence electrons. The molecule has 0 fully saturated rings. The molecule has 10 heteroatoms. The van der Waals surface area contributed by atoms with Crippen molar-refractivity contribution in [2.75, 3.05) is 81.5 Å². The van der Waals surface area contributed by atoms with E-state index in [0.717, 1.165) is 22.9 Å². The minimum atomic E-state index is -0.331. The molecule has 9 nitrogen and oxygen atoms in total. The van der Waals surface area contributed by atoms with Crippen molar-refractivity contribution in [1.82, 2.24) is 0 Å². The number of fused-ring (bicyclic) bond motifs is 12. The monoisotopic (exact) mass is 1600 g/mol. The standard InChI is InChI=1S/C26H21N.C25H20N2.C19H16N2.C16H17N.C13H11NO.C13H11NS/c1-27-24-18-10-8-16-22(24)26(20-12-4-2-5-13-20,21-14-6-3-7-15-21)23-17-9-11-19-25(23)27;1-26-22-11-5-7-13-24(22)27(25-14-8-6-12-23(25)26)21-17-15-20(16-18-21)19-9-3-2-4-10-19;1-20-16-11-5-7-13-18(16)21(15-9-3-2-4-10-15)19-14-8-6-12-17(19)20;1-16(2)12-8-4-6-10-14(12)17(3)15-11-7-5-9-13(15)16;2*1-14-10-6-2-4-8-12(10)15-13-9-5-3-7-11(13)14/h2-19H,1H3;2-18H,1H3;2-14H,1H3;4-11H,1-3H3;2*2-9H,1H3. The van der Waals surface area contributed by atoms with Gasteiger partial charge in [-0.1, -0.05) is 317 Å². The summed E-state index contributed by atoms with van der Waals surface area (Å²) in [6.45, 7) is 4.61. The highest BCUT2D eigenvalue weighted by Gasteiger charge is 2.45. The van der Waals surface area contributed by atoms with Crippen LogP contribution in [0.4, 0.5) is 102 Å². The highest BCUT2D eigenvalue weighted by molar-refractivity contribution is 7.99. The molecular weight excluding hydrogens is 1510 g/mol. The zero-order valence-corrected chi connectivity index (χ0v) is 70.8. The van der Waals surface area contributed by atoms with Crippen molar-refractivity contribution in [3.8, 4) is 22.6 Å². The van der Waals surface area contributed by atoms with E-state index < -0.39 is 0 Å². The van der Waals surface area contributed by atoms with E-state index in [1.165, 1.54) is 145 Å². The second-order valence-electron chi connectivity index (χ2n) is 31.5. The first-order valence-corrected chi connectivity index (χ1v) is 42.5. The van der Waals surface area contributed by atoms with Gasteiger partial charge in [0.05, 0.1) is 73.7 Å². The van der Waals surface area contributed by atoms with Crippen molar-refractivity contribution in [2.45, 2.75) is 34.5 Å². The Balaban J connectivity index is 0.000000102. The largest absolute Gasteiger partial charge is 0.453 e. The average molecular weight is 1600 g/mol. The Hall–Kier alpha value is -14.7. The van der Waals surface area contributed by atoms with Gasteiger partial charge in [-0.2, -0.15) is 0 Å². The van der Waals surface area contributed by atoms with Gasteiger partial charge in [-0.25, -0.2) is 0 Å². The summed E-state index contributed by atoms with van der Waals surface area (Å²) in [5.74, 6) is 1.83. The summed E-state index contributed by atoms with van der Waals surface area (Å²) in [4.78, 5) is 20.9. The highest BCUT2D eigenvalue weighted by atomic mass is 32.2. The molecule has 0 aliphatic carbocycles. The van der Waals surface area contributed by atoms with Crippen molar-refractivity contribution >= 4 is 114 Å². The van der Waals surface area contributed by atoms with Gasteiger partial charge in [0.25, 0.3) is 0 Å². The Labute approximate surface area is 722 Å². The van der Waals surface area contributed by atoms with Crippen LogP contribution in [0.5, 0.6) is 11.5 Å². The third kappa shape index (κ3) is 14.7. The summed E-state index contributed by atoms with van der Waals surface area (Å²) < 4.78 is 5.81. The molecule has 0 radical (unpaired) electrons. The normalized spacial score (nSPS) is 13.6. The van der Waals surface area contributed by atoms with Gasteiger partial charge in [-0.3, -0.25) is 0 Å². The number of benzene rings is 17. The number of para-hydroxylation sites is 19. The van der Waals surface area contributed by atoms with Crippen molar-refractivity contribution in [1.29, 1.82) is 0 Å². The summed E-state index contributed by atoms with van der Waals surface area (Å²) in [5.41, 5.74) is 32.3. The highest BCUT2D eigenvalue weighted by Crippen LogP contribution is 2.58. The van der Waals surface area contributed by atoms with Crippen LogP contribution in [0.25, 0.3) is 11.1 Å². The van der Waals surface area contributed by atoms with Gasteiger partial charge in [0, 0.05) is 91.6 Å². The first-order chi connectivity index (χ1) is 59.9. The maximum absolute atomic E-state index is 5.81. The number of nitrogens with zero attached hydrogens (tertiary/aromatic N) is 8. The van der Waals surface area contributed by atoms with Gasteiger partial charge in [0.15, 0.2) is 11.5 Å². The summed E-state index contributed by atoms with van der Waals surface area (Å²) in [7, 11) is 12.7.